The summed E-state index contributed by atoms with van der Waals surface area (Å²) in [5, 5.41) is 8.77. The van der Waals surface area contributed by atoms with Crippen molar-refractivity contribution in [3.05, 3.63) is 47.9 Å². The van der Waals surface area contributed by atoms with Crippen molar-refractivity contribution in [3.8, 4) is 17.3 Å². The summed E-state index contributed by atoms with van der Waals surface area (Å²) in [6.07, 6.45) is 2.64. The zero-order valence-corrected chi connectivity index (χ0v) is 7.98. The molecule has 0 unspecified atom stereocenters. The topological polar surface area (TPSA) is 49.6 Å². The second-order valence-corrected chi connectivity index (χ2v) is 2.97. The Kier molecular flexibility index (Phi) is 2.56. The Balaban J connectivity index is 2.69. The summed E-state index contributed by atoms with van der Waals surface area (Å²) in [6.45, 7) is 0. The van der Waals surface area contributed by atoms with Crippen LogP contribution >= 0.6 is 0 Å². The number of hydrogen-bond donors (Lipinski definition) is 0. The largest absolute Gasteiger partial charge is 0.251 e. The lowest BCUT2D eigenvalue weighted by atomic mass is 10.1. The number of benzene rings is 1. The molecule has 1 aromatic carbocycles. The predicted molar refractivity (Wildman–Crippen MR) is 52.1 cm³/mol. The van der Waals surface area contributed by atoms with E-state index in [1.807, 2.05) is 0 Å². The third kappa shape index (κ3) is 1.61. The highest BCUT2D eigenvalue weighted by atomic mass is 19.2. The van der Waals surface area contributed by atoms with E-state index in [0.717, 1.165) is 6.07 Å². The molecule has 0 aliphatic carbocycles. The van der Waals surface area contributed by atoms with Crippen LogP contribution in [0.15, 0.2) is 30.6 Å². The molecule has 1 heterocycles. The summed E-state index contributed by atoms with van der Waals surface area (Å²) in [7, 11) is 0. The Bertz CT molecular complexity index is 576. The monoisotopic (exact) mass is 217 g/mol. The molecule has 2 aromatic rings. The average molecular weight is 217 g/mol. The van der Waals surface area contributed by atoms with Crippen LogP contribution in [0.3, 0.4) is 0 Å². The molecular weight excluding hydrogens is 212 g/mol. The molecule has 0 fully saturated rings. The van der Waals surface area contributed by atoms with Gasteiger partial charge in [-0.3, -0.25) is 4.98 Å². The third-order valence-electron chi connectivity index (χ3n) is 2.01. The summed E-state index contributed by atoms with van der Waals surface area (Å²) in [5.41, 5.74) is -0.0568. The van der Waals surface area contributed by atoms with Crippen LogP contribution in [-0.4, -0.2) is 9.97 Å². The third-order valence-corrected chi connectivity index (χ3v) is 2.01. The fraction of sp³-hybridized carbons (Fsp3) is 0. The van der Waals surface area contributed by atoms with Crippen LogP contribution < -0.4 is 0 Å². The van der Waals surface area contributed by atoms with Crippen molar-refractivity contribution < 1.29 is 8.78 Å². The van der Waals surface area contributed by atoms with Gasteiger partial charge in [0.15, 0.2) is 17.3 Å². The van der Waals surface area contributed by atoms with Gasteiger partial charge in [-0.15, -0.1) is 0 Å². The SMILES string of the molecule is N#Cc1nccnc1-c1cccc(F)c1F. The average Bonchev–Trinajstić information content (AvgIpc) is 2.33. The summed E-state index contributed by atoms with van der Waals surface area (Å²) >= 11 is 0. The van der Waals surface area contributed by atoms with Gasteiger partial charge in [0.05, 0.1) is 0 Å². The Labute approximate surface area is 90.0 Å². The number of nitriles is 1. The van der Waals surface area contributed by atoms with Gasteiger partial charge in [0, 0.05) is 18.0 Å². The molecule has 0 saturated heterocycles. The van der Waals surface area contributed by atoms with E-state index in [0.29, 0.717) is 0 Å². The van der Waals surface area contributed by atoms with E-state index in [4.69, 9.17) is 5.26 Å². The number of halogens is 2. The van der Waals surface area contributed by atoms with Gasteiger partial charge in [0.25, 0.3) is 0 Å². The number of hydrogen-bond acceptors (Lipinski definition) is 3. The summed E-state index contributed by atoms with van der Waals surface area (Å²) < 4.78 is 26.4. The van der Waals surface area contributed by atoms with Crippen molar-refractivity contribution in [3.63, 3.8) is 0 Å². The molecule has 2 rings (SSSR count). The maximum Gasteiger partial charge on any atom is 0.168 e. The first kappa shape index (κ1) is 10.2. The molecule has 1 aromatic heterocycles. The molecule has 78 valence electrons. The van der Waals surface area contributed by atoms with E-state index < -0.39 is 11.6 Å². The minimum absolute atomic E-state index is 0.0352. The van der Waals surface area contributed by atoms with Crippen molar-refractivity contribution in [2.24, 2.45) is 0 Å². The molecule has 0 radical (unpaired) electrons. The van der Waals surface area contributed by atoms with Crippen LogP contribution in [0.25, 0.3) is 11.3 Å². The van der Waals surface area contributed by atoms with Crippen LogP contribution in [0.4, 0.5) is 8.78 Å². The van der Waals surface area contributed by atoms with Crippen molar-refractivity contribution in [1.82, 2.24) is 9.97 Å². The lowest BCUT2D eigenvalue weighted by Crippen LogP contribution is -1.96. The molecule has 0 bridgehead atoms. The van der Waals surface area contributed by atoms with E-state index in [2.05, 4.69) is 9.97 Å². The Morgan fingerprint density at radius 3 is 2.62 bits per heavy atom. The maximum absolute atomic E-state index is 13.5. The van der Waals surface area contributed by atoms with Gasteiger partial charge in [0.2, 0.25) is 0 Å². The van der Waals surface area contributed by atoms with Gasteiger partial charge in [-0.2, -0.15) is 5.26 Å². The molecule has 0 saturated carbocycles. The minimum Gasteiger partial charge on any atom is -0.251 e. The molecule has 0 spiro atoms. The van der Waals surface area contributed by atoms with Crippen molar-refractivity contribution in [1.29, 1.82) is 5.26 Å². The van der Waals surface area contributed by atoms with Crippen LogP contribution in [0.1, 0.15) is 5.69 Å². The minimum atomic E-state index is -1.03. The highest BCUT2D eigenvalue weighted by Crippen LogP contribution is 2.23. The maximum atomic E-state index is 13.5. The molecule has 0 N–H and O–H groups in total. The fourth-order valence-electron chi connectivity index (χ4n) is 1.30. The summed E-state index contributed by atoms with van der Waals surface area (Å²) in [5.74, 6) is -2.01. The van der Waals surface area contributed by atoms with E-state index in [1.54, 1.807) is 6.07 Å². The summed E-state index contributed by atoms with van der Waals surface area (Å²) in [6, 6.07) is 5.48. The van der Waals surface area contributed by atoms with Crippen LogP contribution in [0.5, 0.6) is 0 Å². The van der Waals surface area contributed by atoms with Gasteiger partial charge < -0.3 is 0 Å². The van der Waals surface area contributed by atoms with E-state index >= 15 is 0 Å². The van der Waals surface area contributed by atoms with Gasteiger partial charge in [-0.05, 0) is 12.1 Å². The Morgan fingerprint density at radius 1 is 1.12 bits per heavy atom. The lowest BCUT2D eigenvalue weighted by Gasteiger charge is -2.03. The predicted octanol–water partition coefficient (Wildman–Crippen LogP) is 2.29. The molecule has 0 aliphatic heterocycles. The van der Waals surface area contributed by atoms with Gasteiger partial charge >= 0.3 is 0 Å². The second kappa shape index (κ2) is 4.03. The highest BCUT2D eigenvalue weighted by molar-refractivity contribution is 5.64. The standard InChI is InChI=1S/C11H5F2N3/c12-8-3-1-2-7(10(8)13)11-9(6-14)15-4-5-16-11/h1-5H. The Morgan fingerprint density at radius 2 is 1.88 bits per heavy atom. The van der Waals surface area contributed by atoms with Crippen molar-refractivity contribution in [2.75, 3.05) is 0 Å². The van der Waals surface area contributed by atoms with Gasteiger partial charge in [-0.1, -0.05) is 6.07 Å². The number of rotatable bonds is 1. The van der Waals surface area contributed by atoms with Crippen molar-refractivity contribution >= 4 is 0 Å². The van der Waals surface area contributed by atoms with Gasteiger partial charge in [0.1, 0.15) is 11.8 Å². The Hall–Kier alpha value is -2.35. The molecule has 0 atom stereocenters. The zero-order valence-electron chi connectivity index (χ0n) is 7.98. The molecule has 16 heavy (non-hydrogen) atoms. The van der Waals surface area contributed by atoms with E-state index in [9.17, 15) is 8.78 Å². The fourth-order valence-corrected chi connectivity index (χ4v) is 1.30. The van der Waals surface area contributed by atoms with E-state index in [-0.39, 0.29) is 17.0 Å². The van der Waals surface area contributed by atoms with Gasteiger partial charge in [-0.25, -0.2) is 13.8 Å². The quantitative estimate of drug-likeness (QED) is 0.736. The normalized spacial score (nSPS) is 9.81. The van der Waals surface area contributed by atoms with Crippen molar-refractivity contribution in [2.45, 2.75) is 0 Å². The highest BCUT2D eigenvalue weighted by Gasteiger charge is 2.14. The number of aromatic nitrogens is 2. The lowest BCUT2D eigenvalue weighted by molar-refractivity contribution is 0.511. The second-order valence-electron chi connectivity index (χ2n) is 2.97. The summed E-state index contributed by atoms with van der Waals surface area (Å²) in [4.78, 5) is 7.56. The molecule has 0 amide bonds. The van der Waals surface area contributed by atoms with Crippen LogP contribution in [0, 0.1) is 23.0 Å². The zero-order chi connectivity index (χ0) is 11.5. The first-order chi connectivity index (χ1) is 7.74. The van der Waals surface area contributed by atoms with Crippen LogP contribution in [0.2, 0.25) is 0 Å². The molecular formula is C11H5F2N3. The van der Waals surface area contributed by atoms with E-state index in [1.165, 1.54) is 24.5 Å². The molecule has 5 heteroatoms. The number of nitrogens with zero attached hydrogens (tertiary/aromatic N) is 3. The molecule has 3 nitrogen and oxygen atoms in total. The molecule has 0 aliphatic rings. The van der Waals surface area contributed by atoms with Crippen LogP contribution in [-0.2, 0) is 0 Å². The first-order valence-electron chi connectivity index (χ1n) is 4.39. The first-order valence-corrected chi connectivity index (χ1v) is 4.39. The smallest absolute Gasteiger partial charge is 0.168 e.